The van der Waals surface area contributed by atoms with Gasteiger partial charge in [0.15, 0.2) is 11.6 Å². The Morgan fingerprint density at radius 1 is 1.24 bits per heavy atom. The normalized spacial score (nSPS) is 16.6. The molecule has 0 saturated carbocycles. The van der Waals surface area contributed by atoms with Gasteiger partial charge in [-0.25, -0.2) is 8.78 Å². The van der Waals surface area contributed by atoms with Crippen LogP contribution < -0.4 is 10.6 Å². The molecule has 1 aromatic carbocycles. The van der Waals surface area contributed by atoms with Crippen molar-refractivity contribution >= 4 is 34.6 Å². The first kappa shape index (κ1) is 34.6. The summed E-state index contributed by atoms with van der Waals surface area (Å²) >= 11 is 2.07. The third-order valence-corrected chi connectivity index (χ3v) is 4.66. The first-order chi connectivity index (χ1) is 16.1. The van der Waals surface area contributed by atoms with Crippen molar-refractivity contribution in [3.8, 4) is 12.8 Å². The Balaban J connectivity index is 0. The molecule has 0 aromatic heterocycles. The zero-order valence-electron chi connectivity index (χ0n) is 20.1. The summed E-state index contributed by atoms with van der Waals surface area (Å²) in [7, 11) is 0. The van der Waals surface area contributed by atoms with Crippen LogP contribution >= 0.6 is 28.9 Å². The highest BCUT2D eigenvalue weighted by Gasteiger charge is 2.30. The summed E-state index contributed by atoms with van der Waals surface area (Å²) in [5.41, 5.74) is 1.03. The topological polar surface area (TPSA) is 24.1 Å². The summed E-state index contributed by atoms with van der Waals surface area (Å²) in [6, 6.07) is 3.45. The second kappa shape index (κ2) is 18.7. The molecule has 1 fully saturated rings. The fourth-order valence-electron chi connectivity index (χ4n) is 2.96. The van der Waals surface area contributed by atoms with Crippen LogP contribution in [-0.2, 0) is 0 Å². The van der Waals surface area contributed by atoms with Gasteiger partial charge >= 0.3 is 6.18 Å². The predicted octanol–water partition coefficient (Wildman–Crippen LogP) is 8.59. The summed E-state index contributed by atoms with van der Waals surface area (Å²) in [5, 5.41) is 6.41. The van der Waals surface area contributed by atoms with Gasteiger partial charge in [0.1, 0.15) is 0 Å². The molecule has 0 spiro atoms. The van der Waals surface area contributed by atoms with Crippen molar-refractivity contribution < 1.29 is 22.0 Å². The van der Waals surface area contributed by atoms with Gasteiger partial charge in [0, 0.05) is 29.6 Å². The Kier molecular flexibility index (Phi) is 19.0. The number of terminal acetylenes is 1. The van der Waals surface area contributed by atoms with Gasteiger partial charge in [-0.05, 0) is 37.3 Å². The molecular weight excluding hydrogens is 581 g/mol. The smallest absolute Gasteiger partial charge is 0.387 e. The largest absolute Gasteiger partial charge is 0.415 e. The maximum Gasteiger partial charge on any atom is 0.415 e. The molecule has 0 radical (unpaired) electrons. The van der Waals surface area contributed by atoms with E-state index in [1.165, 1.54) is 6.07 Å². The first-order valence-electron chi connectivity index (χ1n) is 10.7. The van der Waals surface area contributed by atoms with E-state index in [-0.39, 0.29) is 12.0 Å². The Morgan fingerprint density at radius 3 is 2.32 bits per heavy atom. The molecule has 2 N–H and O–H groups in total. The van der Waals surface area contributed by atoms with Gasteiger partial charge < -0.3 is 10.6 Å². The Hall–Kier alpha value is -1.59. The van der Waals surface area contributed by atoms with Crippen LogP contribution in [0.2, 0.25) is 0 Å². The van der Waals surface area contributed by atoms with Crippen LogP contribution in [-0.4, -0.2) is 18.8 Å². The number of piperidine rings is 1. The SMILES string of the molecule is C#C.C=C(/C=C(/C/C=C1\NCCCC1Nc1ccc(F)c(F)c1)C(C)C)C(F)(F)F.CC.PI. The molecule has 1 saturated heterocycles. The highest BCUT2D eigenvalue weighted by molar-refractivity contribution is 14.2. The van der Waals surface area contributed by atoms with E-state index in [4.69, 9.17) is 0 Å². The van der Waals surface area contributed by atoms with Crippen LogP contribution in [0.4, 0.5) is 27.6 Å². The zero-order valence-corrected chi connectivity index (χ0v) is 23.4. The fraction of sp³-hybridized carbons (Fsp3) is 0.440. The van der Waals surface area contributed by atoms with Crippen molar-refractivity contribution in [2.75, 3.05) is 11.9 Å². The van der Waals surface area contributed by atoms with E-state index >= 15 is 0 Å². The zero-order chi connectivity index (χ0) is 26.9. The lowest BCUT2D eigenvalue weighted by Crippen LogP contribution is -2.36. The lowest BCUT2D eigenvalue weighted by atomic mass is 9.95. The molecular formula is C25H35F5IN2P. The molecule has 0 bridgehead atoms. The standard InChI is InChI=1S/C21H25F5N2.C2H6.C2H2.H2IP/c1-13(2)15(11-14(3)21(24,25)26)6-9-19-20(5-4-10-27-19)28-16-7-8-17(22)18(23)12-16;3*1-2/h7-9,11-13,20,27-28H,3-6,10H2,1-2H3;1-2H3;1-2H;2H2/b15-11-,19-9-;;;. The Morgan fingerprint density at radius 2 is 1.82 bits per heavy atom. The molecule has 0 aliphatic carbocycles. The predicted molar refractivity (Wildman–Crippen MR) is 147 cm³/mol. The maximum atomic E-state index is 13.4. The minimum atomic E-state index is -4.45. The van der Waals surface area contributed by atoms with Gasteiger partial charge in [0.25, 0.3) is 0 Å². The average molecular weight is 616 g/mol. The third kappa shape index (κ3) is 12.8. The summed E-state index contributed by atoms with van der Waals surface area (Å²) in [6.45, 7) is 13.9. The van der Waals surface area contributed by atoms with Crippen LogP contribution in [0.5, 0.6) is 0 Å². The quantitative estimate of drug-likeness (QED) is 0.110. The average Bonchev–Trinajstić information content (AvgIpc) is 2.83. The van der Waals surface area contributed by atoms with Crippen molar-refractivity contribution in [2.45, 2.75) is 59.2 Å². The third-order valence-electron chi connectivity index (χ3n) is 4.66. The van der Waals surface area contributed by atoms with Gasteiger partial charge in [-0.1, -0.05) is 80.9 Å². The van der Waals surface area contributed by atoms with Crippen molar-refractivity contribution in [2.24, 2.45) is 5.92 Å². The Labute approximate surface area is 216 Å². The molecule has 34 heavy (non-hydrogen) atoms. The number of allylic oxidation sites excluding steroid dienone is 4. The highest BCUT2D eigenvalue weighted by atomic mass is 127. The maximum absolute atomic E-state index is 13.4. The summed E-state index contributed by atoms with van der Waals surface area (Å²) < 4.78 is 64.9. The molecule has 1 aliphatic heterocycles. The monoisotopic (exact) mass is 616 g/mol. The van der Waals surface area contributed by atoms with Crippen molar-refractivity contribution in [3.63, 3.8) is 0 Å². The van der Waals surface area contributed by atoms with Crippen LogP contribution in [0, 0.1) is 30.4 Å². The van der Waals surface area contributed by atoms with E-state index < -0.39 is 23.4 Å². The van der Waals surface area contributed by atoms with Crippen LogP contribution in [0.25, 0.3) is 0 Å². The molecule has 1 aliphatic rings. The molecule has 192 valence electrons. The van der Waals surface area contributed by atoms with Crippen LogP contribution in [0.3, 0.4) is 0 Å². The lowest BCUT2D eigenvalue weighted by molar-refractivity contribution is -0.0879. The van der Waals surface area contributed by atoms with Crippen molar-refractivity contribution in [1.29, 1.82) is 0 Å². The fourth-order valence-corrected chi connectivity index (χ4v) is 2.96. The molecule has 9 heteroatoms. The van der Waals surface area contributed by atoms with Crippen LogP contribution in [0.15, 0.2) is 53.8 Å². The second-order valence-corrected chi connectivity index (χ2v) is 7.16. The number of anilines is 1. The number of hydrogen-bond acceptors (Lipinski definition) is 2. The number of alkyl halides is 3. The van der Waals surface area contributed by atoms with E-state index in [0.717, 1.165) is 43.3 Å². The van der Waals surface area contributed by atoms with E-state index in [1.54, 1.807) is 0 Å². The summed E-state index contributed by atoms with van der Waals surface area (Å²) in [6.07, 6.45) is 8.50. The number of rotatable bonds is 6. The number of hydrogen-bond donors (Lipinski definition) is 2. The lowest BCUT2D eigenvalue weighted by Gasteiger charge is -2.29. The Bertz CT molecular complexity index is 817. The van der Waals surface area contributed by atoms with E-state index in [9.17, 15) is 22.0 Å². The molecule has 0 amide bonds. The number of nitrogens with one attached hydrogen (secondary N) is 2. The molecule has 2 atom stereocenters. The van der Waals surface area contributed by atoms with E-state index in [0.29, 0.717) is 17.7 Å². The van der Waals surface area contributed by atoms with Gasteiger partial charge in [0.2, 0.25) is 0 Å². The van der Waals surface area contributed by atoms with Gasteiger partial charge in [0.05, 0.1) is 6.04 Å². The minimum absolute atomic E-state index is 0.0721. The minimum Gasteiger partial charge on any atom is -0.387 e. The molecule has 1 aromatic rings. The molecule has 2 unspecified atom stereocenters. The van der Waals surface area contributed by atoms with E-state index in [2.05, 4.69) is 59.0 Å². The van der Waals surface area contributed by atoms with E-state index in [1.807, 2.05) is 33.8 Å². The summed E-state index contributed by atoms with van der Waals surface area (Å²) in [4.78, 5) is 0. The second-order valence-electron chi connectivity index (χ2n) is 7.16. The van der Waals surface area contributed by atoms with Crippen LogP contribution in [0.1, 0.15) is 47.0 Å². The first-order valence-corrected chi connectivity index (χ1v) is 14.9. The van der Waals surface area contributed by atoms with Gasteiger partial charge in [-0.3, -0.25) is 0 Å². The van der Waals surface area contributed by atoms with Crippen molar-refractivity contribution in [3.05, 3.63) is 65.4 Å². The van der Waals surface area contributed by atoms with Gasteiger partial charge in [-0.15, -0.1) is 12.8 Å². The number of benzene rings is 1. The molecule has 1 heterocycles. The highest BCUT2D eigenvalue weighted by Crippen LogP contribution is 2.29. The van der Waals surface area contributed by atoms with Crippen molar-refractivity contribution in [1.82, 2.24) is 5.32 Å². The molecule has 2 nitrogen and oxygen atoms in total. The summed E-state index contributed by atoms with van der Waals surface area (Å²) in [5.74, 6) is -1.92. The molecule has 2 rings (SSSR count). The van der Waals surface area contributed by atoms with Gasteiger partial charge in [-0.2, -0.15) is 13.2 Å². The number of halogens is 6.